The molecule has 7 nitrogen and oxygen atoms in total. The van der Waals surface area contributed by atoms with Gasteiger partial charge in [-0.3, -0.25) is 0 Å². The molecule has 0 bridgehead atoms. The zero-order chi connectivity index (χ0) is 14.8. The smallest absolute Gasteiger partial charge is 0.323 e. The molecule has 1 unspecified atom stereocenters. The largest absolute Gasteiger partial charge is 0.464 e. The summed E-state index contributed by atoms with van der Waals surface area (Å²) >= 11 is 0. The topological polar surface area (TPSA) is 81.2 Å². The van der Waals surface area contributed by atoms with Crippen molar-refractivity contribution in [1.29, 1.82) is 0 Å². The van der Waals surface area contributed by atoms with Crippen molar-refractivity contribution >= 4 is 11.9 Å². The summed E-state index contributed by atoms with van der Waals surface area (Å²) in [6, 6.07) is 0.443. The van der Waals surface area contributed by atoms with Crippen molar-refractivity contribution in [1.82, 2.24) is 15.0 Å². The van der Waals surface area contributed by atoms with E-state index < -0.39 is 0 Å². The predicted octanol–water partition coefficient (Wildman–Crippen LogP) is 1.93. The van der Waals surface area contributed by atoms with Crippen LogP contribution in [-0.4, -0.2) is 47.4 Å². The Morgan fingerprint density at radius 2 is 1.80 bits per heavy atom. The van der Waals surface area contributed by atoms with Crippen LogP contribution in [0.5, 0.6) is 6.01 Å². The Morgan fingerprint density at radius 1 is 1.05 bits per heavy atom. The Morgan fingerprint density at radius 3 is 2.45 bits per heavy atom. The molecular weight excluding hydrogens is 258 g/mol. The monoisotopic (exact) mass is 283 g/mol. The molecule has 1 aromatic heterocycles. The molecule has 0 fully saturated rings. The van der Waals surface area contributed by atoms with E-state index in [-0.39, 0.29) is 6.04 Å². The molecule has 0 amide bonds. The number of hydrogen-bond acceptors (Lipinski definition) is 7. The molecule has 0 aliphatic heterocycles. The van der Waals surface area contributed by atoms with Gasteiger partial charge in [-0.1, -0.05) is 6.92 Å². The number of aromatic nitrogens is 3. The minimum Gasteiger partial charge on any atom is -0.464 e. The van der Waals surface area contributed by atoms with Gasteiger partial charge < -0.3 is 20.1 Å². The van der Waals surface area contributed by atoms with Crippen molar-refractivity contribution in [2.75, 3.05) is 37.0 Å². The third kappa shape index (κ3) is 6.01. The summed E-state index contributed by atoms with van der Waals surface area (Å²) < 4.78 is 10.7. The SMILES string of the molecule is CCCNc1nc(NC(C)COCC)nc(OCC)n1. The van der Waals surface area contributed by atoms with Crippen LogP contribution in [-0.2, 0) is 4.74 Å². The molecule has 2 N–H and O–H groups in total. The van der Waals surface area contributed by atoms with E-state index in [4.69, 9.17) is 9.47 Å². The van der Waals surface area contributed by atoms with Gasteiger partial charge in [-0.25, -0.2) is 0 Å². The maximum absolute atomic E-state index is 5.36. The normalized spacial score (nSPS) is 12.0. The van der Waals surface area contributed by atoms with E-state index in [0.29, 0.717) is 37.7 Å². The first-order valence-corrected chi connectivity index (χ1v) is 7.16. The van der Waals surface area contributed by atoms with Gasteiger partial charge >= 0.3 is 6.01 Å². The standard InChI is InChI=1S/C13H25N5O2/c1-5-8-14-11-16-12(15-10(4)9-19-6-2)18-13(17-11)20-7-3/h10H,5-9H2,1-4H3,(H2,14,15,16,17,18). The quantitative estimate of drug-likeness (QED) is 0.679. The fraction of sp³-hybridized carbons (Fsp3) is 0.769. The summed E-state index contributed by atoms with van der Waals surface area (Å²) in [4.78, 5) is 12.8. The second-order valence-corrected chi connectivity index (χ2v) is 4.33. The predicted molar refractivity (Wildman–Crippen MR) is 79.4 cm³/mol. The van der Waals surface area contributed by atoms with Gasteiger partial charge in [0.2, 0.25) is 11.9 Å². The van der Waals surface area contributed by atoms with E-state index >= 15 is 0 Å². The molecule has 0 saturated heterocycles. The van der Waals surface area contributed by atoms with Gasteiger partial charge in [-0.2, -0.15) is 15.0 Å². The molecule has 1 aromatic rings. The van der Waals surface area contributed by atoms with Crippen molar-refractivity contribution in [3.8, 4) is 6.01 Å². The highest BCUT2D eigenvalue weighted by molar-refractivity contribution is 5.36. The fourth-order valence-corrected chi connectivity index (χ4v) is 1.49. The van der Waals surface area contributed by atoms with Crippen molar-refractivity contribution in [3.63, 3.8) is 0 Å². The Bertz CT molecular complexity index is 389. The van der Waals surface area contributed by atoms with E-state index in [1.807, 2.05) is 20.8 Å². The van der Waals surface area contributed by atoms with Gasteiger partial charge in [0.1, 0.15) is 0 Å². The number of nitrogens with one attached hydrogen (secondary N) is 2. The molecule has 1 heterocycles. The summed E-state index contributed by atoms with van der Waals surface area (Å²) in [5.41, 5.74) is 0. The fourth-order valence-electron chi connectivity index (χ4n) is 1.49. The van der Waals surface area contributed by atoms with Crippen LogP contribution in [0.3, 0.4) is 0 Å². The van der Waals surface area contributed by atoms with Gasteiger partial charge in [0.15, 0.2) is 0 Å². The maximum atomic E-state index is 5.36. The van der Waals surface area contributed by atoms with Crippen LogP contribution in [0.1, 0.15) is 34.1 Å². The minimum absolute atomic E-state index is 0.117. The minimum atomic E-state index is 0.117. The molecule has 0 spiro atoms. The lowest BCUT2D eigenvalue weighted by Crippen LogP contribution is -2.23. The Labute approximate surface area is 120 Å². The molecule has 1 atom stereocenters. The first-order valence-electron chi connectivity index (χ1n) is 7.16. The van der Waals surface area contributed by atoms with Crippen LogP contribution in [0.15, 0.2) is 0 Å². The average Bonchev–Trinajstić information content (AvgIpc) is 2.43. The third-order valence-electron chi connectivity index (χ3n) is 2.37. The van der Waals surface area contributed by atoms with Crippen molar-refractivity contribution in [3.05, 3.63) is 0 Å². The Hall–Kier alpha value is -1.63. The van der Waals surface area contributed by atoms with E-state index in [0.717, 1.165) is 13.0 Å². The lowest BCUT2D eigenvalue weighted by Gasteiger charge is -2.14. The second-order valence-electron chi connectivity index (χ2n) is 4.33. The van der Waals surface area contributed by atoms with Crippen LogP contribution < -0.4 is 15.4 Å². The number of rotatable bonds is 10. The van der Waals surface area contributed by atoms with E-state index in [1.165, 1.54) is 0 Å². The van der Waals surface area contributed by atoms with Crippen LogP contribution in [0.25, 0.3) is 0 Å². The lowest BCUT2D eigenvalue weighted by molar-refractivity contribution is 0.141. The molecule has 1 rings (SSSR count). The summed E-state index contributed by atoms with van der Waals surface area (Å²) in [6.07, 6.45) is 0.999. The first-order chi connectivity index (χ1) is 9.69. The number of nitrogens with zero attached hydrogens (tertiary/aromatic N) is 3. The highest BCUT2D eigenvalue weighted by Gasteiger charge is 2.09. The number of ether oxygens (including phenoxy) is 2. The van der Waals surface area contributed by atoms with Crippen LogP contribution >= 0.6 is 0 Å². The molecule has 0 radical (unpaired) electrons. The first kappa shape index (κ1) is 16.4. The maximum Gasteiger partial charge on any atom is 0.323 e. The zero-order valence-corrected chi connectivity index (χ0v) is 12.8. The summed E-state index contributed by atoms with van der Waals surface area (Å²) in [5, 5.41) is 6.32. The van der Waals surface area contributed by atoms with Gasteiger partial charge in [0.25, 0.3) is 0 Å². The summed E-state index contributed by atoms with van der Waals surface area (Å²) in [7, 11) is 0. The van der Waals surface area contributed by atoms with Crippen LogP contribution in [0, 0.1) is 0 Å². The number of hydrogen-bond donors (Lipinski definition) is 2. The summed E-state index contributed by atoms with van der Waals surface area (Å²) in [5.74, 6) is 1.02. The van der Waals surface area contributed by atoms with Gasteiger partial charge in [-0.05, 0) is 27.2 Å². The van der Waals surface area contributed by atoms with Gasteiger partial charge in [0.05, 0.1) is 13.2 Å². The molecule has 0 aromatic carbocycles. The van der Waals surface area contributed by atoms with Crippen LogP contribution in [0.4, 0.5) is 11.9 Å². The van der Waals surface area contributed by atoms with Crippen molar-refractivity contribution in [2.24, 2.45) is 0 Å². The summed E-state index contributed by atoms with van der Waals surface area (Å²) in [6.45, 7) is 10.6. The van der Waals surface area contributed by atoms with Crippen molar-refractivity contribution in [2.45, 2.75) is 40.2 Å². The molecule has 0 aliphatic rings. The Kier molecular flexibility index (Phi) is 7.64. The molecule has 7 heteroatoms. The van der Waals surface area contributed by atoms with E-state index in [9.17, 15) is 0 Å². The molecule has 20 heavy (non-hydrogen) atoms. The third-order valence-corrected chi connectivity index (χ3v) is 2.37. The van der Waals surface area contributed by atoms with Crippen molar-refractivity contribution < 1.29 is 9.47 Å². The molecule has 0 saturated carbocycles. The van der Waals surface area contributed by atoms with Gasteiger partial charge in [-0.15, -0.1) is 0 Å². The highest BCUT2D eigenvalue weighted by Crippen LogP contribution is 2.12. The molecule has 0 aliphatic carbocycles. The second kappa shape index (κ2) is 9.30. The van der Waals surface area contributed by atoms with Gasteiger partial charge in [0, 0.05) is 19.2 Å². The van der Waals surface area contributed by atoms with E-state index in [1.54, 1.807) is 0 Å². The zero-order valence-electron chi connectivity index (χ0n) is 12.8. The average molecular weight is 283 g/mol. The molecular formula is C13H25N5O2. The number of anilines is 2. The van der Waals surface area contributed by atoms with E-state index in [2.05, 4.69) is 32.5 Å². The van der Waals surface area contributed by atoms with Crippen LogP contribution in [0.2, 0.25) is 0 Å². The Balaban J connectivity index is 2.73. The highest BCUT2D eigenvalue weighted by atomic mass is 16.5. The molecule has 114 valence electrons. The lowest BCUT2D eigenvalue weighted by atomic mass is 10.4.